The highest BCUT2D eigenvalue weighted by atomic mass is 16.3. The van der Waals surface area contributed by atoms with Gasteiger partial charge in [-0.15, -0.1) is 0 Å². The SMILES string of the molecule is C=C1C[C@H](C)C(O)C/C1=C/C=C1\CCCC2(C)C(C(C)CCCC(C)(C)O)CC[C@@H]12. The van der Waals surface area contributed by atoms with Gasteiger partial charge in [-0.25, -0.2) is 0 Å². The van der Waals surface area contributed by atoms with E-state index >= 15 is 0 Å². The number of allylic oxidation sites excluding steroid dienone is 4. The molecule has 3 fully saturated rings. The number of hydrogen-bond acceptors (Lipinski definition) is 2. The van der Waals surface area contributed by atoms with Crippen molar-refractivity contribution in [3.05, 3.63) is 35.5 Å². The van der Waals surface area contributed by atoms with Crippen molar-refractivity contribution in [1.82, 2.24) is 0 Å². The van der Waals surface area contributed by atoms with E-state index in [1.807, 2.05) is 13.8 Å². The zero-order valence-corrected chi connectivity index (χ0v) is 20.2. The molecule has 3 saturated carbocycles. The van der Waals surface area contributed by atoms with Crippen LogP contribution in [0.1, 0.15) is 98.8 Å². The zero-order valence-electron chi connectivity index (χ0n) is 20.2. The summed E-state index contributed by atoms with van der Waals surface area (Å²) in [5.41, 5.74) is 4.00. The van der Waals surface area contributed by atoms with Crippen molar-refractivity contribution in [3.8, 4) is 0 Å². The van der Waals surface area contributed by atoms with Gasteiger partial charge < -0.3 is 10.2 Å². The van der Waals surface area contributed by atoms with Crippen LogP contribution >= 0.6 is 0 Å². The van der Waals surface area contributed by atoms with Gasteiger partial charge in [-0.3, -0.25) is 0 Å². The van der Waals surface area contributed by atoms with E-state index in [0.717, 1.165) is 37.5 Å². The Balaban J connectivity index is 1.69. The smallest absolute Gasteiger partial charge is 0.0609 e. The molecule has 3 aliphatic carbocycles. The maximum absolute atomic E-state index is 10.3. The molecule has 0 aliphatic heterocycles. The molecule has 6 atom stereocenters. The number of fused-ring (bicyclic) bond motifs is 1. The fourth-order valence-electron chi connectivity index (χ4n) is 6.89. The van der Waals surface area contributed by atoms with E-state index in [0.29, 0.717) is 17.3 Å². The van der Waals surface area contributed by atoms with Crippen molar-refractivity contribution >= 4 is 0 Å². The standard InChI is InChI=1S/C28H46O2/c1-19(9-7-15-27(4,5)30)24-13-14-25-22(10-8-16-28(24,25)6)11-12-23-18-26(29)21(3)17-20(23)2/h11-12,19,21,24-26,29-30H,2,7-10,13-18H2,1,3-6H3/b22-11+,23-12-/t19?,21-,24?,25-,26?,28?/m0/s1. The predicted octanol–water partition coefficient (Wildman–Crippen LogP) is 6.98. The van der Waals surface area contributed by atoms with Crippen molar-refractivity contribution in [2.24, 2.45) is 29.1 Å². The minimum Gasteiger partial charge on any atom is -0.392 e. The van der Waals surface area contributed by atoms with E-state index in [1.54, 1.807) is 5.57 Å². The topological polar surface area (TPSA) is 40.5 Å². The molecular weight excluding hydrogens is 368 g/mol. The monoisotopic (exact) mass is 414 g/mol. The third-order valence-electron chi connectivity index (χ3n) is 8.78. The normalized spacial score (nSPS) is 38.8. The molecule has 0 aromatic carbocycles. The molecule has 0 aromatic rings. The summed E-state index contributed by atoms with van der Waals surface area (Å²) in [6.07, 6.45) is 16.0. The second-order valence-corrected chi connectivity index (χ2v) is 11.8. The molecule has 0 saturated heterocycles. The van der Waals surface area contributed by atoms with E-state index in [1.165, 1.54) is 49.7 Å². The Labute approximate surface area is 185 Å². The van der Waals surface area contributed by atoms with E-state index < -0.39 is 5.60 Å². The van der Waals surface area contributed by atoms with Crippen molar-refractivity contribution in [2.45, 2.75) is 111 Å². The molecule has 2 heteroatoms. The molecule has 170 valence electrons. The summed E-state index contributed by atoms with van der Waals surface area (Å²) >= 11 is 0. The zero-order chi connectivity index (χ0) is 22.1. The Morgan fingerprint density at radius 1 is 1.23 bits per heavy atom. The van der Waals surface area contributed by atoms with E-state index in [9.17, 15) is 10.2 Å². The summed E-state index contributed by atoms with van der Waals surface area (Å²) in [5.74, 6) is 2.57. The first-order valence-electron chi connectivity index (χ1n) is 12.5. The van der Waals surface area contributed by atoms with Gasteiger partial charge in [0.15, 0.2) is 0 Å². The number of hydrogen-bond donors (Lipinski definition) is 2. The fourth-order valence-corrected chi connectivity index (χ4v) is 6.89. The minimum atomic E-state index is -0.537. The summed E-state index contributed by atoms with van der Waals surface area (Å²) in [7, 11) is 0. The Morgan fingerprint density at radius 2 is 1.97 bits per heavy atom. The van der Waals surface area contributed by atoms with Crippen LogP contribution in [0.5, 0.6) is 0 Å². The first kappa shape index (κ1) is 23.8. The maximum atomic E-state index is 10.3. The van der Waals surface area contributed by atoms with Crippen molar-refractivity contribution in [2.75, 3.05) is 0 Å². The molecule has 2 nitrogen and oxygen atoms in total. The average Bonchev–Trinajstić information content (AvgIpc) is 3.00. The van der Waals surface area contributed by atoms with Crippen LogP contribution in [0.3, 0.4) is 0 Å². The van der Waals surface area contributed by atoms with Gasteiger partial charge in [-0.1, -0.05) is 63.5 Å². The molecule has 0 aromatic heterocycles. The van der Waals surface area contributed by atoms with Gasteiger partial charge in [0.1, 0.15) is 0 Å². The van der Waals surface area contributed by atoms with Crippen LogP contribution in [0.4, 0.5) is 0 Å². The highest BCUT2D eigenvalue weighted by Gasteiger charge is 2.50. The van der Waals surface area contributed by atoms with Crippen LogP contribution in [-0.4, -0.2) is 21.9 Å². The molecule has 3 rings (SSSR count). The van der Waals surface area contributed by atoms with Crippen LogP contribution in [0.15, 0.2) is 35.5 Å². The summed E-state index contributed by atoms with van der Waals surface area (Å²) in [6, 6.07) is 0. The second-order valence-electron chi connectivity index (χ2n) is 11.8. The van der Waals surface area contributed by atoms with Crippen LogP contribution in [0, 0.1) is 29.1 Å². The van der Waals surface area contributed by atoms with E-state index in [-0.39, 0.29) is 6.10 Å². The van der Waals surface area contributed by atoms with Crippen molar-refractivity contribution < 1.29 is 10.2 Å². The fraction of sp³-hybridized carbons (Fsp3) is 0.786. The largest absolute Gasteiger partial charge is 0.392 e. The highest BCUT2D eigenvalue weighted by molar-refractivity contribution is 5.36. The minimum absolute atomic E-state index is 0.225. The first-order valence-corrected chi connectivity index (χ1v) is 12.5. The first-order chi connectivity index (χ1) is 14.0. The molecule has 0 amide bonds. The summed E-state index contributed by atoms with van der Waals surface area (Å²) < 4.78 is 0. The molecule has 2 N–H and O–H groups in total. The number of rotatable bonds is 6. The van der Waals surface area contributed by atoms with Crippen LogP contribution in [0.2, 0.25) is 0 Å². The summed E-state index contributed by atoms with van der Waals surface area (Å²) in [6.45, 7) is 15.3. The third kappa shape index (κ3) is 5.30. The van der Waals surface area contributed by atoms with Crippen molar-refractivity contribution in [3.63, 3.8) is 0 Å². The lowest BCUT2D eigenvalue weighted by molar-refractivity contribution is 0.0596. The average molecular weight is 415 g/mol. The Morgan fingerprint density at radius 3 is 2.67 bits per heavy atom. The second kappa shape index (κ2) is 9.33. The van der Waals surface area contributed by atoms with Gasteiger partial charge in [0.2, 0.25) is 0 Å². The number of aliphatic hydroxyl groups is 2. The van der Waals surface area contributed by atoms with E-state index in [4.69, 9.17) is 0 Å². The quantitative estimate of drug-likeness (QED) is 0.492. The van der Waals surface area contributed by atoms with Crippen LogP contribution in [0.25, 0.3) is 0 Å². The molecule has 4 unspecified atom stereocenters. The molecule has 0 spiro atoms. The van der Waals surface area contributed by atoms with Gasteiger partial charge in [0.25, 0.3) is 0 Å². The van der Waals surface area contributed by atoms with Gasteiger partial charge in [-0.2, -0.15) is 0 Å². The van der Waals surface area contributed by atoms with Gasteiger partial charge >= 0.3 is 0 Å². The molecule has 30 heavy (non-hydrogen) atoms. The highest BCUT2D eigenvalue weighted by Crippen LogP contribution is 2.60. The molecule has 3 aliphatic rings. The van der Waals surface area contributed by atoms with Crippen molar-refractivity contribution in [1.29, 1.82) is 0 Å². The molecule has 0 heterocycles. The van der Waals surface area contributed by atoms with Gasteiger partial charge in [-0.05, 0) is 99.9 Å². The number of aliphatic hydroxyl groups excluding tert-OH is 1. The van der Waals surface area contributed by atoms with E-state index in [2.05, 4.69) is 39.5 Å². The Hall–Kier alpha value is -0.860. The molecule has 0 radical (unpaired) electrons. The summed E-state index contributed by atoms with van der Waals surface area (Å²) in [5, 5.41) is 20.3. The van der Waals surface area contributed by atoms with Crippen LogP contribution < -0.4 is 0 Å². The lowest BCUT2D eigenvalue weighted by Crippen LogP contribution is -2.36. The lowest BCUT2D eigenvalue weighted by atomic mass is 9.60. The maximum Gasteiger partial charge on any atom is 0.0609 e. The van der Waals surface area contributed by atoms with Crippen LogP contribution in [-0.2, 0) is 0 Å². The van der Waals surface area contributed by atoms with Gasteiger partial charge in [0.05, 0.1) is 11.7 Å². The lowest BCUT2D eigenvalue weighted by Gasteiger charge is -2.44. The Kier molecular flexibility index (Phi) is 7.40. The predicted molar refractivity (Wildman–Crippen MR) is 127 cm³/mol. The Bertz CT molecular complexity index is 679. The third-order valence-corrected chi connectivity index (χ3v) is 8.78. The molecule has 0 bridgehead atoms. The summed E-state index contributed by atoms with van der Waals surface area (Å²) in [4.78, 5) is 0. The molecular formula is C28H46O2. The van der Waals surface area contributed by atoms with Gasteiger partial charge in [0, 0.05) is 0 Å².